The summed E-state index contributed by atoms with van der Waals surface area (Å²) < 4.78 is 0. The van der Waals surface area contributed by atoms with Crippen molar-refractivity contribution in [2.45, 2.75) is 31.6 Å². The van der Waals surface area contributed by atoms with Gasteiger partial charge in [-0.1, -0.05) is 36.0 Å². The zero-order valence-corrected chi connectivity index (χ0v) is 10.9. The molecule has 1 aliphatic rings. The Kier molecular flexibility index (Phi) is 3.00. The number of hydrogen-bond acceptors (Lipinski definition) is 3. The first kappa shape index (κ1) is 12.2. The Morgan fingerprint density at radius 1 is 1.29 bits per heavy atom. The van der Waals surface area contributed by atoms with E-state index in [9.17, 15) is 9.59 Å². The van der Waals surface area contributed by atoms with E-state index in [1.165, 1.54) is 0 Å². The Hall–Kier alpha value is -1.29. The lowest BCUT2D eigenvalue weighted by Gasteiger charge is -2.22. The van der Waals surface area contributed by atoms with E-state index in [-0.39, 0.29) is 16.6 Å². The molecule has 1 aromatic rings. The third-order valence-electron chi connectivity index (χ3n) is 2.42. The predicted molar refractivity (Wildman–Crippen MR) is 69.0 cm³/mol. The lowest BCUT2D eigenvalue weighted by Crippen LogP contribution is -2.42. The van der Waals surface area contributed by atoms with E-state index in [0.29, 0.717) is 5.56 Å². The van der Waals surface area contributed by atoms with Crippen LogP contribution in [-0.2, 0) is 4.79 Å². The topological polar surface area (TPSA) is 46.2 Å². The van der Waals surface area contributed by atoms with Crippen molar-refractivity contribution in [1.82, 2.24) is 5.32 Å². The first-order chi connectivity index (χ1) is 7.88. The standard InChI is InChI=1S/C13H15NO2S/c1-13(2,3)14-11(15)10-8-6-4-5-7-9(8)12(16)17-10/h4-7,10H,1-3H3,(H,14,15). The zero-order chi connectivity index (χ0) is 12.6. The molecule has 0 aromatic heterocycles. The van der Waals surface area contributed by atoms with E-state index in [1.54, 1.807) is 6.07 Å². The summed E-state index contributed by atoms with van der Waals surface area (Å²) in [6.07, 6.45) is 0. The SMILES string of the molecule is CC(C)(C)NC(=O)C1SC(=O)c2ccccc21. The minimum Gasteiger partial charge on any atom is -0.350 e. The number of fused-ring (bicyclic) bond motifs is 1. The van der Waals surface area contributed by atoms with E-state index in [4.69, 9.17) is 0 Å². The van der Waals surface area contributed by atoms with E-state index < -0.39 is 5.25 Å². The lowest BCUT2D eigenvalue weighted by atomic mass is 10.0. The van der Waals surface area contributed by atoms with E-state index in [0.717, 1.165) is 17.3 Å². The minimum atomic E-state index is -0.405. The molecule has 1 aromatic carbocycles. The quantitative estimate of drug-likeness (QED) is 0.832. The Balaban J connectivity index is 2.26. The number of benzene rings is 1. The van der Waals surface area contributed by atoms with Gasteiger partial charge in [0, 0.05) is 11.1 Å². The number of carbonyl (C=O) groups excluding carboxylic acids is 2. The fourth-order valence-electron chi connectivity index (χ4n) is 1.78. The molecule has 0 saturated heterocycles. The maximum atomic E-state index is 12.1. The first-order valence-corrected chi connectivity index (χ1v) is 6.38. The summed E-state index contributed by atoms with van der Waals surface area (Å²) in [5.74, 6) is -0.0965. The summed E-state index contributed by atoms with van der Waals surface area (Å²) in [7, 11) is 0. The van der Waals surface area contributed by atoms with Gasteiger partial charge in [0.05, 0.1) is 0 Å². The maximum Gasteiger partial charge on any atom is 0.238 e. The smallest absolute Gasteiger partial charge is 0.238 e. The summed E-state index contributed by atoms with van der Waals surface area (Å²) in [5, 5.41) is 2.49. The molecule has 17 heavy (non-hydrogen) atoms. The molecule has 0 saturated carbocycles. The van der Waals surface area contributed by atoms with Crippen molar-refractivity contribution >= 4 is 22.8 Å². The molecule has 0 bridgehead atoms. The van der Waals surface area contributed by atoms with Crippen LogP contribution in [0.1, 0.15) is 41.9 Å². The molecule has 1 amide bonds. The van der Waals surface area contributed by atoms with Crippen LogP contribution in [0.2, 0.25) is 0 Å². The van der Waals surface area contributed by atoms with Gasteiger partial charge >= 0.3 is 0 Å². The molecule has 4 heteroatoms. The molecule has 0 radical (unpaired) electrons. The van der Waals surface area contributed by atoms with Crippen LogP contribution >= 0.6 is 11.8 Å². The van der Waals surface area contributed by atoms with Crippen LogP contribution in [0.15, 0.2) is 24.3 Å². The van der Waals surface area contributed by atoms with Gasteiger partial charge in [0.1, 0.15) is 5.25 Å². The molecule has 1 unspecified atom stereocenters. The first-order valence-electron chi connectivity index (χ1n) is 5.50. The Bertz CT molecular complexity index is 477. The van der Waals surface area contributed by atoms with Crippen molar-refractivity contribution in [2.24, 2.45) is 0 Å². The fourth-order valence-corrected chi connectivity index (χ4v) is 2.80. The van der Waals surface area contributed by atoms with Crippen LogP contribution in [-0.4, -0.2) is 16.6 Å². The predicted octanol–water partition coefficient (Wildman–Crippen LogP) is 2.53. The van der Waals surface area contributed by atoms with Gasteiger partial charge in [0.25, 0.3) is 0 Å². The van der Waals surface area contributed by atoms with E-state index >= 15 is 0 Å². The van der Waals surface area contributed by atoms with Crippen LogP contribution in [0.3, 0.4) is 0 Å². The van der Waals surface area contributed by atoms with Crippen LogP contribution in [0.25, 0.3) is 0 Å². The van der Waals surface area contributed by atoms with Gasteiger partial charge in [-0.3, -0.25) is 9.59 Å². The van der Waals surface area contributed by atoms with Crippen molar-refractivity contribution < 1.29 is 9.59 Å². The molecule has 1 N–H and O–H groups in total. The van der Waals surface area contributed by atoms with Crippen molar-refractivity contribution in [3.63, 3.8) is 0 Å². The van der Waals surface area contributed by atoms with Crippen LogP contribution in [0.5, 0.6) is 0 Å². The summed E-state index contributed by atoms with van der Waals surface area (Å²) >= 11 is 1.09. The molecule has 1 aliphatic heterocycles. The van der Waals surface area contributed by atoms with E-state index in [1.807, 2.05) is 39.0 Å². The molecule has 90 valence electrons. The molecule has 0 spiro atoms. The number of hydrogen-bond donors (Lipinski definition) is 1. The third-order valence-corrected chi connectivity index (χ3v) is 3.56. The highest BCUT2D eigenvalue weighted by Gasteiger charge is 2.35. The average Bonchev–Trinajstić information content (AvgIpc) is 2.55. The summed E-state index contributed by atoms with van der Waals surface area (Å²) in [6, 6.07) is 7.30. The monoisotopic (exact) mass is 249 g/mol. The highest BCUT2D eigenvalue weighted by atomic mass is 32.2. The van der Waals surface area contributed by atoms with Crippen LogP contribution in [0.4, 0.5) is 0 Å². The second kappa shape index (κ2) is 4.18. The average molecular weight is 249 g/mol. The minimum absolute atomic E-state index is 0.0188. The van der Waals surface area contributed by atoms with Gasteiger partial charge in [-0.25, -0.2) is 0 Å². The number of rotatable bonds is 1. The Labute approximate surface area is 105 Å². The van der Waals surface area contributed by atoms with Crippen molar-refractivity contribution in [3.05, 3.63) is 35.4 Å². The van der Waals surface area contributed by atoms with Crippen LogP contribution in [0, 0.1) is 0 Å². The molecule has 1 heterocycles. The Morgan fingerprint density at radius 3 is 2.59 bits per heavy atom. The summed E-state index contributed by atoms with van der Waals surface area (Å²) in [5.41, 5.74) is 1.20. The molecular formula is C13H15NO2S. The van der Waals surface area contributed by atoms with Gasteiger partial charge in [0.15, 0.2) is 0 Å². The van der Waals surface area contributed by atoms with Gasteiger partial charge < -0.3 is 5.32 Å². The second-order valence-electron chi connectivity index (χ2n) is 5.11. The van der Waals surface area contributed by atoms with Crippen molar-refractivity contribution in [1.29, 1.82) is 0 Å². The molecular weight excluding hydrogens is 234 g/mol. The third kappa shape index (κ3) is 2.52. The highest BCUT2D eigenvalue weighted by molar-refractivity contribution is 8.15. The second-order valence-corrected chi connectivity index (χ2v) is 6.19. The summed E-state index contributed by atoms with van der Waals surface area (Å²) in [6.45, 7) is 5.79. The van der Waals surface area contributed by atoms with Gasteiger partial charge in [0.2, 0.25) is 11.0 Å². The molecule has 0 aliphatic carbocycles. The zero-order valence-electron chi connectivity index (χ0n) is 10.1. The van der Waals surface area contributed by atoms with Crippen molar-refractivity contribution in [3.8, 4) is 0 Å². The van der Waals surface area contributed by atoms with Crippen LogP contribution < -0.4 is 5.32 Å². The van der Waals surface area contributed by atoms with Gasteiger partial charge in [-0.15, -0.1) is 0 Å². The molecule has 1 atom stereocenters. The number of thioether (sulfide) groups is 1. The highest BCUT2D eigenvalue weighted by Crippen LogP contribution is 2.41. The van der Waals surface area contributed by atoms with E-state index in [2.05, 4.69) is 5.32 Å². The fraction of sp³-hybridized carbons (Fsp3) is 0.385. The molecule has 2 rings (SSSR count). The van der Waals surface area contributed by atoms with Gasteiger partial charge in [-0.05, 0) is 26.3 Å². The molecule has 0 fully saturated rings. The normalized spacial score (nSPS) is 19.0. The van der Waals surface area contributed by atoms with Crippen molar-refractivity contribution in [2.75, 3.05) is 0 Å². The number of amides is 1. The number of carbonyl (C=O) groups is 2. The maximum absolute atomic E-state index is 12.1. The summed E-state index contributed by atoms with van der Waals surface area (Å²) in [4.78, 5) is 23.8. The number of nitrogens with one attached hydrogen (secondary N) is 1. The largest absolute Gasteiger partial charge is 0.350 e. The Morgan fingerprint density at radius 2 is 1.94 bits per heavy atom. The molecule has 3 nitrogen and oxygen atoms in total. The van der Waals surface area contributed by atoms with Gasteiger partial charge in [-0.2, -0.15) is 0 Å². The lowest BCUT2D eigenvalue weighted by molar-refractivity contribution is -0.122.